The molecule has 2 aliphatic heterocycles. The molecule has 4 aromatic rings. The Balaban J connectivity index is 1.33. The molecular weight excluding hydrogens is 625 g/mol. The molecule has 3 aliphatic rings. The summed E-state index contributed by atoms with van der Waals surface area (Å²) in [4.78, 5) is 24.7. The number of hydrogen-bond donors (Lipinski definition) is 1. The van der Waals surface area contributed by atoms with Crippen LogP contribution < -0.4 is 10.1 Å². The van der Waals surface area contributed by atoms with Gasteiger partial charge in [-0.1, -0.05) is 48.9 Å². The Morgan fingerprint density at radius 1 is 0.939 bits per heavy atom. The molecule has 7 rings (SSSR count). The number of rotatable bonds is 9. The van der Waals surface area contributed by atoms with Gasteiger partial charge in [0.1, 0.15) is 5.75 Å². The van der Waals surface area contributed by atoms with Crippen molar-refractivity contribution in [2.75, 3.05) is 26.2 Å². The summed E-state index contributed by atoms with van der Waals surface area (Å²) < 4.78 is 48.1. The Labute approximate surface area is 286 Å². The molecule has 1 saturated carbocycles. The Morgan fingerprint density at radius 3 is 2.35 bits per heavy atom. The highest BCUT2D eigenvalue weighted by atomic mass is 19.4. The third-order valence-electron chi connectivity index (χ3n) is 10.4. The number of halogens is 3. The van der Waals surface area contributed by atoms with Gasteiger partial charge in [-0.25, -0.2) is 4.98 Å². The van der Waals surface area contributed by atoms with E-state index in [-0.39, 0.29) is 12.0 Å². The van der Waals surface area contributed by atoms with Gasteiger partial charge in [-0.3, -0.25) is 9.69 Å². The van der Waals surface area contributed by atoms with Crippen LogP contribution in [0.5, 0.6) is 5.75 Å². The lowest BCUT2D eigenvalue weighted by Crippen LogP contribution is -2.46. The zero-order valence-electron chi connectivity index (χ0n) is 28.4. The average Bonchev–Trinajstić information content (AvgIpc) is 3.89. The first-order chi connectivity index (χ1) is 23.6. The van der Waals surface area contributed by atoms with Crippen molar-refractivity contribution in [1.29, 1.82) is 0 Å². The lowest BCUT2D eigenvalue weighted by atomic mass is 9.93. The molecular formula is C40H45F3N4O2. The number of alkyl halides is 3. The summed E-state index contributed by atoms with van der Waals surface area (Å²) in [6, 6.07) is 21.4. The van der Waals surface area contributed by atoms with Crippen LogP contribution in [-0.2, 0) is 18.3 Å². The van der Waals surface area contributed by atoms with Crippen molar-refractivity contribution in [2.45, 2.75) is 89.2 Å². The number of carbonyl (C=O) groups is 1. The Morgan fingerprint density at radius 2 is 1.67 bits per heavy atom. The highest BCUT2D eigenvalue weighted by molar-refractivity contribution is 6.09. The van der Waals surface area contributed by atoms with E-state index >= 15 is 0 Å². The normalized spacial score (nSPS) is 18.9. The second-order valence-corrected chi connectivity index (χ2v) is 14.2. The molecule has 0 radical (unpaired) electrons. The number of hydrogen-bond acceptors (Lipinski definition) is 5. The van der Waals surface area contributed by atoms with Crippen molar-refractivity contribution in [3.05, 3.63) is 95.1 Å². The smallest absolute Gasteiger partial charge is 0.416 e. The van der Waals surface area contributed by atoms with Crippen molar-refractivity contribution in [3.8, 4) is 17.0 Å². The molecule has 0 bridgehead atoms. The van der Waals surface area contributed by atoms with Crippen molar-refractivity contribution in [3.63, 3.8) is 0 Å². The van der Waals surface area contributed by atoms with Crippen molar-refractivity contribution >= 4 is 16.8 Å². The summed E-state index contributed by atoms with van der Waals surface area (Å²) in [5.41, 5.74) is 2.19. The quantitative estimate of drug-likeness (QED) is 0.193. The van der Waals surface area contributed by atoms with Gasteiger partial charge in [0.15, 0.2) is 0 Å². The predicted molar refractivity (Wildman–Crippen MR) is 186 cm³/mol. The monoisotopic (exact) mass is 670 g/mol. The molecule has 3 fully saturated rings. The van der Waals surface area contributed by atoms with E-state index in [9.17, 15) is 18.0 Å². The molecule has 1 aromatic heterocycles. The van der Waals surface area contributed by atoms with Gasteiger partial charge in [0.2, 0.25) is 0 Å². The number of nitrogens with one attached hydrogen (secondary N) is 1. The summed E-state index contributed by atoms with van der Waals surface area (Å²) in [7, 11) is 0. The van der Waals surface area contributed by atoms with Crippen molar-refractivity contribution in [2.24, 2.45) is 0 Å². The van der Waals surface area contributed by atoms with E-state index in [0.717, 1.165) is 69.6 Å². The molecule has 1 aliphatic carbocycles. The third kappa shape index (κ3) is 7.33. The minimum absolute atomic E-state index is 0.0871. The second kappa shape index (κ2) is 13.8. The van der Waals surface area contributed by atoms with Crippen LogP contribution in [0, 0.1) is 0 Å². The lowest BCUT2D eigenvalue weighted by molar-refractivity contribution is -0.137. The molecule has 49 heavy (non-hydrogen) atoms. The van der Waals surface area contributed by atoms with Gasteiger partial charge < -0.3 is 15.0 Å². The molecule has 6 nitrogen and oxygen atoms in total. The maximum Gasteiger partial charge on any atom is 0.416 e. The first-order valence-corrected chi connectivity index (χ1v) is 17.7. The van der Waals surface area contributed by atoms with E-state index in [1.807, 2.05) is 56.3 Å². The fourth-order valence-corrected chi connectivity index (χ4v) is 7.72. The molecule has 0 unspecified atom stereocenters. The van der Waals surface area contributed by atoms with Gasteiger partial charge in [-0.05, 0) is 108 Å². The number of benzene rings is 3. The van der Waals surface area contributed by atoms with Crippen LogP contribution in [0.15, 0.2) is 72.8 Å². The van der Waals surface area contributed by atoms with E-state index < -0.39 is 17.3 Å². The number of piperidine rings is 2. The minimum Gasteiger partial charge on any atom is -0.491 e. The van der Waals surface area contributed by atoms with Crippen LogP contribution in [0.3, 0.4) is 0 Å². The summed E-state index contributed by atoms with van der Waals surface area (Å²) >= 11 is 0. The average molecular weight is 671 g/mol. The van der Waals surface area contributed by atoms with Gasteiger partial charge in [-0.2, -0.15) is 13.2 Å². The molecule has 2 saturated heterocycles. The molecule has 258 valence electrons. The van der Waals surface area contributed by atoms with E-state index in [0.29, 0.717) is 51.6 Å². The standard InChI is InChI=1S/C40H45F3N4O2/c1-27(2)49-32-14-15-33-35(25-32)44-37(28-10-9-13-30(24-28)40(41,42)43)34(26-46-22-16-31(17-23-46)47-20-7-4-8-21-47)36(33)38(48)45-39(18-19-39)29-11-5-3-6-12-29/h3,5-6,9-15,24-25,27,31H,4,7-8,16-23,26H2,1-2H3,(H,45,48). The third-order valence-corrected chi connectivity index (χ3v) is 10.4. The lowest BCUT2D eigenvalue weighted by Gasteiger charge is -2.40. The maximum absolute atomic E-state index is 14.7. The number of fused-ring (bicyclic) bond motifs is 1. The predicted octanol–water partition coefficient (Wildman–Crippen LogP) is 8.58. The van der Waals surface area contributed by atoms with Crippen LogP contribution in [-0.4, -0.2) is 59.0 Å². The SMILES string of the molecule is CC(C)Oc1ccc2c(C(=O)NC3(c4ccccc4)CC3)c(CN3CCC(N4CCCCC4)CC3)c(-c3cccc(C(F)(F)F)c3)nc2c1. The van der Waals surface area contributed by atoms with E-state index in [1.54, 1.807) is 12.1 Å². The minimum atomic E-state index is -4.52. The summed E-state index contributed by atoms with van der Waals surface area (Å²) in [5, 5.41) is 4.04. The highest BCUT2D eigenvalue weighted by Crippen LogP contribution is 2.46. The van der Waals surface area contributed by atoms with E-state index in [4.69, 9.17) is 9.72 Å². The van der Waals surface area contributed by atoms with E-state index in [1.165, 1.54) is 25.3 Å². The van der Waals surface area contributed by atoms with Gasteiger partial charge in [-0.15, -0.1) is 0 Å². The van der Waals surface area contributed by atoms with Gasteiger partial charge >= 0.3 is 6.18 Å². The largest absolute Gasteiger partial charge is 0.491 e. The molecule has 0 atom stereocenters. The highest BCUT2D eigenvalue weighted by Gasteiger charge is 2.46. The Kier molecular flexibility index (Phi) is 9.41. The molecule has 1 amide bonds. The number of likely N-dealkylation sites (tertiary alicyclic amines) is 2. The number of nitrogens with zero attached hydrogens (tertiary/aromatic N) is 3. The zero-order valence-corrected chi connectivity index (χ0v) is 28.4. The summed E-state index contributed by atoms with van der Waals surface area (Å²) in [6.45, 7) is 8.26. The summed E-state index contributed by atoms with van der Waals surface area (Å²) in [5.74, 6) is 0.351. The number of pyridine rings is 1. The topological polar surface area (TPSA) is 57.7 Å². The number of ether oxygens (including phenoxy) is 1. The van der Waals surface area contributed by atoms with Gasteiger partial charge in [0.05, 0.1) is 34.0 Å². The molecule has 9 heteroatoms. The van der Waals surface area contributed by atoms with Gasteiger partial charge in [0.25, 0.3) is 5.91 Å². The Bertz CT molecular complexity index is 1790. The molecule has 3 heterocycles. The van der Waals surface area contributed by atoms with Crippen LogP contribution >= 0.6 is 0 Å². The first kappa shape index (κ1) is 33.5. The molecule has 0 spiro atoms. The van der Waals surface area contributed by atoms with Crippen molar-refractivity contribution in [1.82, 2.24) is 20.1 Å². The number of aromatic nitrogens is 1. The molecule has 1 N–H and O–H groups in total. The number of carbonyl (C=O) groups excluding carboxylic acids is 1. The van der Waals surface area contributed by atoms with Crippen LogP contribution in [0.4, 0.5) is 13.2 Å². The molecule has 3 aromatic carbocycles. The maximum atomic E-state index is 14.7. The fraction of sp³-hybridized carbons (Fsp3) is 0.450. The van der Waals surface area contributed by atoms with Crippen LogP contribution in [0.2, 0.25) is 0 Å². The number of amides is 1. The van der Waals surface area contributed by atoms with Crippen LogP contribution in [0.1, 0.15) is 85.8 Å². The van der Waals surface area contributed by atoms with E-state index in [2.05, 4.69) is 15.1 Å². The fourth-order valence-electron chi connectivity index (χ4n) is 7.72. The first-order valence-electron chi connectivity index (χ1n) is 17.7. The van der Waals surface area contributed by atoms with Crippen molar-refractivity contribution < 1.29 is 22.7 Å². The van der Waals surface area contributed by atoms with Crippen LogP contribution in [0.25, 0.3) is 22.2 Å². The summed E-state index contributed by atoms with van der Waals surface area (Å²) in [6.07, 6.45) is 2.86. The zero-order chi connectivity index (χ0) is 34.2. The second-order valence-electron chi connectivity index (χ2n) is 14.2. The van der Waals surface area contributed by atoms with Gasteiger partial charge in [0, 0.05) is 35.2 Å². The Hall–Kier alpha value is -3.95.